The van der Waals surface area contributed by atoms with Crippen molar-refractivity contribution >= 4 is 5.91 Å². The number of hydrogen-bond donors (Lipinski definition) is 2. The third-order valence-electron chi connectivity index (χ3n) is 3.80. The molecule has 3 rings (SSSR count). The second kappa shape index (κ2) is 6.76. The Morgan fingerprint density at radius 2 is 2.09 bits per heavy atom. The van der Waals surface area contributed by atoms with Gasteiger partial charge in [-0.1, -0.05) is 11.2 Å². The van der Waals surface area contributed by atoms with E-state index in [1.807, 2.05) is 0 Å². The predicted octanol–water partition coefficient (Wildman–Crippen LogP) is 0.192. The Morgan fingerprint density at radius 3 is 2.74 bits per heavy atom. The fourth-order valence-electron chi connectivity index (χ4n) is 2.57. The lowest BCUT2D eigenvalue weighted by molar-refractivity contribution is 0.0624. The Bertz CT molecular complexity index is 679. The second-order valence-electron chi connectivity index (χ2n) is 5.43. The van der Waals surface area contributed by atoms with E-state index in [1.165, 1.54) is 6.07 Å². The number of aromatic hydroxyl groups is 1. The van der Waals surface area contributed by atoms with Crippen molar-refractivity contribution in [2.24, 2.45) is 5.73 Å². The van der Waals surface area contributed by atoms with E-state index in [2.05, 4.69) is 15.0 Å². The SMILES string of the molecule is NCc1nc(CN2CCN(C(=O)c3cccc(O)c3)CC2)no1. The fraction of sp³-hybridized carbons (Fsp3) is 0.400. The standard InChI is InChI=1S/C15H19N5O3/c16-9-14-17-13(18-23-14)10-19-4-6-20(7-5-19)15(22)11-2-1-3-12(21)8-11/h1-3,8,21H,4-7,9-10,16H2. The molecular formula is C15H19N5O3. The number of benzene rings is 1. The number of phenolic OH excluding ortho intramolecular Hbond substituents is 1. The molecule has 0 saturated carbocycles. The number of rotatable bonds is 4. The van der Waals surface area contributed by atoms with Crippen molar-refractivity contribution in [1.82, 2.24) is 19.9 Å². The molecule has 2 heterocycles. The van der Waals surface area contributed by atoms with Gasteiger partial charge in [-0.25, -0.2) is 0 Å². The summed E-state index contributed by atoms with van der Waals surface area (Å²) in [7, 11) is 0. The van der Waals surface area contributed by atoms with Crippen LogP contribution in [0.25, 0.3) is 0 Å². The third kappa shape index (κ3) is 3.66. The van der Waals surface area contributed by atoms with Crippen LogP contribution in [0.2, 0.25) is 0 Å². The molecule has 0 aliphatic carbocycles. The van der Waals surface area contributed by atoms with Crippen LogP contribution < -0.4 is 5.73 Å². The minimum Gasteiger partial charge on any atom is -0.508 e. The first-order valence-corrected chi connectivity index (χ1v) is 7.48. The monoisotopic (exact) mass is 317 g/mol. The summed E-state index contributed by atoms with van der Waals surface area (Å²) < 4.78 is 4.98. The van der Waals surface area contributed by atoms with E-state index in [4.69, 9.17) is 10.3 Å². The van der Waals surface area contributed by atoms with Gasteiger partial charge >= 0.3 is 0 Å². The predicted molar refractivity (Wildman–Crippen MR) is 81.5 cm³/mol. The van der Waals surface area contributed by atoms with Crippen molar-refractivity contribution in [3.63, 3.8) is 0 Å². The van der Waals surface area contributed by atoms with Crippen LogP contribution in [-0.2, 0) is 13.1 Å². The fourth-order valence-corrected chi connectivity index (χ4v) is 2.57. The number of carbonyl (C=O) groups is 1. The van der Waals surface area contributed by atoms with E-state index in [0.29, 0.717) is 36.9 Å². The van der Waals surface area contributed by atoms with Gasteiger partial charge in [0, 0.05) is 31.7 Å². The largest absolute Gasteiger partial charge is 0.508 e. The molecule has 0 radical (unpaired) electrons. The molecule has 8 nitrogen and oxygen atoms in total. The summed E-state index contributed by atoms with van der Waals surface area (Å²) in [6.07, 6.45) is 0. The van der Waals surface area contributed by atoms with Crippen molar-refractivity contribution in [2.45, 2.75) is 13.1 Å². The van der Waals surface area contributed by atoms with Gasteiger partial charge in [0.25, 0.3) is 5.91 Å². The number of phenols is 1. The number of nitrogens with two attached hydrogens (primary N) is 1. The molecule has 0 unspecified atom stereocenters. The molecule has 8 heteroatoms. The van der Waals surface area contributed by atoms with Crippen molar-refractivity contribution in [3.8, 4) is 5.75 Å². The second-order valence-corrected chi connectivity index (χ2v) is 5.43. The molecule has 0 atom stereocenters. The molecule has 0 bridgehead atoms. The zero-order chi connectivity index (χ0) is 16.2. The molecular weight excluding hydrogens is 298 g/mol. The first kappa shape index (κ1) is 15.4. The van der Waals surface area contributed by atoms with Crippen molar-refractivity contribution in [2.75, 3.05) is 26.2 Å². The van der Waals surface area contributed by atoms with Gasteiger partial charge in [-0.05, 0) is 18.2 Å². The summed E-state index contributed by atoms with van der Waals surface area (Å²) in [4.78, 5) is 20.5. The molecule has 1 saturated heterocycles. The van der Waals surface area contributed by atoms with Crippen LogP contribution in [0.1, 0.15) is 22.1 Å². The summed E-state index contributed by atoms with van der Waals surface area (Å²) >= 11 is 0. The Balaban J connectivity index is 1.54. The van der Waals surface area contributed by atoms with Gasteiger partial charge in [-0.15, -0.1) is 0 Å². The van der Waals surface area contributed by atoms with Gasteiger partial charge in [0.05, 0.1) is 13.1 Å². The maximum atomic E-state index is 12.4. The molecule has 1 amide bonds. The van der Waals surface area contributed by atoms with Crippen molar-refractivity contribution < 1.29 is 14.4 Å². The Kier molecular flexibility index (Phi) is 4.54. The minimum absolute atomic E-state index is 0.0643. The number of piperazine rings is 1. The zero-order valence-electron chi connectivity index (χ0n) is 12.7. The lowest BCUT2D eigenvalue weighted by Gasteiger charge is -2.34. The summed E-state index contributed by atoms with van der Waals surface area (Å²) in [5, 5.41) is 13.4. The highest BCUT2D eigenvalue weighted by Gasteiger charge is 2.23. The van der Waals surface area contributed by atoms with Gasteiger partial charge in [-0.3, -0.25) is 9.69 Å². The molecule has 3 N–H and O–H groups in total. The molecule has 122 valence electrons. The van der Waals surface area contributed by atoms with Crippen molar-refractivity contribution in [1.29, 1.82) is 0 Å². The summed E-state index contributed by atoms with van der Waals surface area (Å²) in [6, 6.07) is 6.42. The number of nitrogens with zero attached hydrogens (tertiary/aromatic N) is 4. The van der Waals surface area contributed by atoms with Crippen LogP contribution >= 0.6 is 0 Å². The normalized spacial score (nSPS) is 15.8. The van der Waals surface area contributed by atoms with Gasteiger partial charge in [0.15, 0.2) is 5.82 Å². The highest BCUT2D eigenvalue weighted by Crippen LogP contribution is 2.15. The van der Waals surface area contributed by atoms with Gasteiger partial charge < -0.3 is 20.3 Å². The number of amides is 1. The topological polar surface area (TPSA) is 109 Å². The first-order chi connectivity index (χ1) is 11.2. The van der Waals surface area contributed by atoms with E-state index in [0.717, 1.165) is 13.1 Å². The van der Waals surface area contributed by atoms with Gasteiger partial charge in [-0.2, -0.15) is 4.98 Å². The number of carbonyl (C=O) groups excluding carboxylic acids is 1. The van der Waals surface area contributed by atoms with Crippen molar-refractivity contribution in [3.05, 3.63) is 41.5 Å². The third-order valence-corrected chi connectivity index (χ3v) is 3.80. The first-order valence-electron chi connectivity index (χ1n) is 7.48. The molecule has 1 aromatic heterocycles. The Morgan fingerprint density at radius 1 is 1.30 bits per heavy atom. The maximum Gasteiger partial charge on any atom is 0.254 e. The van der Waals surface area contributed by atoms with Gasteiger partial charge in [0.1, 0.15) is 5.75 Å². The van der Waals surface area contributed by atoms with E-state index in [9.17, 15) is 9.90 Å². The number of hydrogen-bond acceptors (Lipinski definition) is 7. The molecule has 1 aliphatic rings. The lowest BCUT2D eigenvalue weighted by atomic mass is 10.1. The molecule has 1 aliphatic heterocycles. The van der Waals surface area contributed by atoms with Crippen LogP contribution in [0.5, 0.6) is 5.75 Å². The lowest BCUT2D eigenvalue weighted by Crippen LogP contribution is -2.48. The average Bonchev–Trinajstić information content (AvgIpc) is 3.02. The summed E-state index contributed by atoms with van der Waals surface area (Å²) in [6.45, 7) is 3.52. The summed E-state index contributed by atoms with van der Waals surface area (Å²) in [5.41, 5.74) is 5.95. The van der Waals surface area contributed by atoms with E-state index in [-0.39, 0.29) is 18.2 Å². The smallest absolute Gasteiger partial charge is 0.254 e. The van der Waals surface area contributed by atoms with Crippen LogP contribution in [0.15, 0.2) is 28.8 Å². The van der Waals surface area contributed by atoms with Crippen LogP contribution in [0.3, 0.4) is 0 Å². The average molecular weight is 317 g/mol. The van der Waals surface area contributed by atoms with Gasteiger partial charge in [0.2, 0.25) is 5.89 Å². The minimum atomic E-state index is -0.0643. The van der Waals surface area contributed by atoms with Crippen LogP contribution in [-0.4, -0.2) is 57.1 Å². The Hall–Kier alpha value is -2.45. The molecule has 0 spiro atoms. The quantitative estimate of drug-likeness (QED) is 0.828. The molecule has 1 fully saturated rings. The molecule has 23 heavy (non-hydrogen) atoms. The molecule has 2 aromatic rings. The van der Waals surface area contributed by atoms with E-state index in [1.54, 1.807) is 23.1 Å². The summed E-state index contributed by atoms with van der Waals surface area (Å²) in [5.74, 6) is 1.07. The molecule has 1 aromatic carbocycles. The highest BCUT2D eigenvalue weighted by molar-refractivity contribution is 5.94. The zero-order valence-corrected chi connectivity index (χ0v) is 12.7. The van der Waals surface area contributed by atoms with Crippen LogP contribution in [0.4, 0.5) is 0 Å². The maximum absolute atomic E-state index is 12.4. The number of aromatic nitrogens is 2. The van der Waals surface area contributed by atoms with E-state index < -0.39 is 0 Å². The Labute approximate surface area is 133 Å². The van der Waals surface area contributed by atoms with Crippen LogP contribution in [0, 0.1) is 0 Å². The highest BCUT2D eigenvalue weighted by atomic mass is 16.5. The van der Waals surface area contributed by atoms with E-state index >= 15 is 0 Å².